The van der Waals surface area contributed by atoms with Gasteiger partial charge in [0.25, 0.3) is 5.91 Å². The van der Waals surface area contributed by atoms with Crippen molar-refractivity contribution in [3.8, 4) is 5.75 Å². The molecule has 4 rings (SSSR count). The lowest BCUT2D eigenvalue weighted by molar-refractivity contribution is 0.0942. The Hall–Kier alpha value is -3.11. The number of fused-ring (bicyclic) bond motifs is 1. The molecule has 0 radical (unpaired) electrons. The number of hydrogen-bond donors (Lipinski definition) is 2. The van der Waals surface area contributed by atoms with E-state index in [1.165, 1.54) is 0 Å². The van der Waals surface area contributed by atoms with Gasteiger partial charge in [-0.25, -0.2) is 0 Å². The highest BCUT2D eigenvalue weighted by Gasteiger charge is 2.23. The van der Waals surface area contributed by atoms with E-state index < -0.39 is 6.04 Å². The fourth-order valence-corrected chi connectivity index (χ4v) is 3.87. The number of hydrogen-bond acceptors (Lipinski definition) is 2. The van der Waals surface area contributed by atoms with Crippen LogP contribution in [0.25, 0.3) is 10.8 Å². The Bertz CT molecular complexity index is 1140. The second kappa shape index (κ2) is 7.87. The van der Waals surface area contributed by atoms with Gasteiger partial charge in [-0.2, -0.15) is 0 Å². The predicted molar refractivity (Wildman–Crippen MR) is 116 cm³/mol. The number of carbonyl (C=O) groups excluding carboxylic acids is 1. The third-order valence-corrected chi connectivity index (χ3v) is 5.45. The number of rotatable bonds is 4. The third-order valence-electron chi connectivity index (χ3n) is 4.76. The molecule has 0 fully saturated rings. The first-order valence-electron chi connectivity index (χ1n) is 8.96. The lowest BCUT2D eigenvalue weighted by Gasteiger charge is -2.23. The molecule has 0 bridgehead atoms. The summed E-state index contributed by atoms with van der Waals surface area (Å²) >= 11 is 3.44. The molecule has 0 aromatic heterocycles. The lowest BCUT2D eigenvalue weighted by Crippen LogP contribution is -2.29. The zero-order chi connectivity index (χ0) is 19.5. The molecule has 1 amide bonds. The average molecular weight is 432 g/mol. The molecule has 4 aromatic carbocycles. The van der Waals surface area contributed by atoms with Gasteiger partial charge in [0, 0.05) is 10.0 Å². The molecule has 138 valence electrons. The number of phenols is 1. The van der Waals surface area contributed by atoms with Crippen LogP contribution in [-0.4, -0.2) is 11.0 Å². The van der Waals surface area contributed by atoms with E-state index in [1.54, 1.807) is 12.1 Å². The van der Waals surface area contributed by atoms with Crippen molar-refractivity contribution >= 4 is 32.6 Å². The Balaban J connectivity index is 1.86. The normalized spacial score (nSPS) is 11.9. The van der Waals surface area contributed by atoms with Crippen LogP contribution in [0.1, 0.15) is 27.5 Å². The van der Waals surface area contributed by atoms with Gasteiger partial charge in [-0.3, -0.25) is 4.79 Å². The van der Waals surface area contributed by atoms with E-state index in [4.69, 9.17) is 0 Å². The summed E-state index contributed by atoms with van der Waals surface area (Å²) in [6.45, 7) is 0. The first kappa shape index (κ1) is 18.3. The topological polar surface area (TPSA) is 49.3 Å². The van der Waals surface area contributed by atoms with Crippen LogP contribution >= 0.6 is 15.9 Å². The third kappa shape index (κ3) is 3.51. The highest BCUT2D eigenvalue weighted by Crippen LogP contribution is 2.36. The van der Waals surface area contributed by atoms with Crippen molar-refractivity contribution in [3.05, 3.63) is 112 Å². The quantitative estimate of drug-likeness (QED) is 0.427. The van der Waals surface area contributed by atoms with Gasteiger partial charge in [0.2, 0.25) is 0 Å². The fraction of sp³-hybridized carbons (Fsp3) is 0.0417. The molecule has 0 aliphatic carbocycles. The molecule has 0 aliphatic rings. The molecule has 0 spiro atoms. The maximum Gasteiger partial charge on any atom is 0.253 e. The van der Waals surface area contributed by atoms with Crippen molar-refractivity contribution < 1.29 is 9.90 Å². The molecule has 4 aromatic rings. The van der Waals surface area contributed by atoms with Gasteiger partial charge in [0.05, 0.1) is 11.6 Å². The summed E-state index contributed by atoms with van der Waals surface area (Å²) in [6.07, 6.45) is 0. The minimum absolute atomic E-state index is 0.153. The summed E-state index contributed by atoms with van der Waals surface area (Å²) in [7, 11) is 0. The van der Waals surface area contributed by atoms with Gasteiger partial charge >= 0.3 is 0 Å². The molecule has 2 N–H and O–H groups in total. The largest absolute Gasteiger partial charge is 0.508 e. The fourth-order valence-electron chi connectivity index (χ4n) is 3.41. The monoisotopic (exact) mass is 431 g/mol. The van der Waals surface area contributed by atoms with Crippen molar-refractivity contribution in [1.82, 2.24) is 5.32 Å². The minimum Gasteiger partial charge on any atom is -0.508 e. The Morgan fingerprint density at radius 2 is 1.50 bits per heavy atom. The van der Waals surface area contributed by atoms with Crippen LogP contribution in [0.15, 0.2) is 95.5 Å². The van der Waals surface area contributed by atoms with Crippen LogP contribution in [0, 0.1) is 0 Å². The number of phenolic OH excluding ortho intramolecular Hbond substituents is 1. The van der Waals surface area contributed by atoms with Gasteiger partial charge in [0.15, 0.2) is 0 Å². The predicted octanol–water partition coefficient (Wildman–Crippen LogP) is 5.83. The highest BCUT2D eigenvalue weighted by atomic mass is 79.9. The average Bonchev–Trinajstić information content (AvgIpc) is 2.73. The van der Waals surface area contributed by atoms with Gasteiger partial charge in [0.1, 0.15) is 5.75 Å². The molecule has 0 heterocycles. The second-order valence-electron chi connectivity index (χ2n) is 6.52. The summed E-state index contributed by atoms with van der Waals surface area (Å²) in [5.41, 5.74) is 2.13. The maximum atomic E-state index is 13.0. The summed E-state index contributed by atoms with van der Waals surface area (Å²) in [6, 6.07) is 27.9. The molecule has 0 unspecified atom stereocenters. The second-order valence-corrected chi connectivity index (χ2v) is 7.37. The van der Waals surface area contributed by atoms with Crippen molar-refractivity contribution in [2.24, 2.45) is 0 Å². The van der Waals surface area contributed by atoms with E-state index in [2.05, 4.69) is 21.2 Å². The summed E-state index contributed by atoms with van der Waals surface area (Å²) in [4.78, 5) is 13.0. The summed E-state index contributed by atoms with van der Waals surface area (Å²) < 4.78 is 0.724. The highest BCUT2D eigenvalue weighted by molar-refractivity contribution is 9.10. The lowest BCUT2D eigenvalue weighted by atomic mass is 9.92. The van der Waals surface area contributed by atoms with Gasteiger partial charge < -0.3 is 10.4 Å². The van der Waals surface area contributed by atoms with E-state index in [1.807, 2.05) is 78.9 Å². The smallest absolute Gasteiger partial charge is 0.253 e. The number of benzene rings is 4. The van der Waals surface area contributed by atoms with Crippen molar-refractivity contribution in [2.75, 3.05) is 0 Å². The number of nitrogens with one attached hydrogen (secondary N) is 1. The Morgan fingerprint density at radius 1 is 0.821 bits per heavy atom. The standard InChI is InChI=1S/C24H18BrNO2/c25-20-13-7-6-12-19(20)24(28)26-23(17-9-2-1-3-10-17)22-18-11-5-4-8-16(18)14-15-21(22)27/h1-15,23,27H,(H,26,28)/t23-/m0/s1. The number of amides is 1. The molecule has 0 saturated carbocycles. The molecule has 0 saturated heterocycles. The number of aromatic hydroxyl groups is 1. The van der Waals surface area contributed by atoms with Gasteiger partial charge in [-0.15, -0.1) is 0 Å². The first-order chi connectivity index (χ1) is 13.6. The summed E-state index contributed by atoms with van der Waals surface area (Å²) in [5.74, 6) is -0.0614. The number of halogens is 1. The molecular weight excluding hydrogens is 414 g/mol. The van der Waals surface area contributed by atoms with Crippen LogP contribution in [0.5, 0.6) is 5.75 Å². The van der Waals surface area contributed by atoms with Crippen molar-refractivity contribution in [3.63, 3.8) is 0 Å². The van der Waals surface area contributed by atoms with Crippen LogP contribution in [0.2, 0.25) is 0 Å². The van der Waals surface area contributed by atoms with E-state index in [-0.39, 0.29) is 11.7 Å². The van der Waals surface area contributed by atoms with E-state index in [0.717, 1.165) is 20.8 Å². The van der Waals surface area contributed by atoms with Crippen LogP contribution in [0.3, 0.4) is 0 Å². The SMILES string of the molecule is O=C(N[C@@H](c1ccccc1)c1c(O)ccc2ccccc12)c1ccccc1Br. The maximum absolute atomic E-state index is 13.0. The molecule has 0 aliphatic heterocycles. The van der Waals surface area contributed by atoms with Crippen molar-refractivity contribution in [2.45, 2.75) is 6.04 Å². The van der Waals surface area contributed by atoms with E-state index in [9.17, 15) is 9.90 Å². The Morgan fingerprint density at radius 3 is 2.29 bits per heavy atom. The molecular formula is C24H18BrNO2. The van der Waals surface area contributed by atoms with Crippen LogP contribution < -0.4 is 5.32 Å². The minimum atomic E-state index is -0.494. The molecule has 4 heteroatoms. The van der Waals surface area contributed by atoms with Crippen LogP contribution in [-0.2, 0) is 0 Å². The molecule has 28 heavy (non-hydrogen) atoms. The Kier molecular flexibility index (Phi) is 5.13. The zero-order valence-corrected chi connectivity index (χ0v) is 16.6. The zero-order valence-electron chi connectivity index (χ0n) is 15.0. The number of carbonyl (C=O) groups is 1. The first-order valence-corrected chi connectivity index (χ1v) is 9.75. The van der Waals surface area contributed by atoms with Gasteiger partial charge in [-0.05, 0) is 50.5 Å². The summed E-state index contributed by atoms with van der Waals surface area (Å²) in [5, 5.41) is 15.7. The van der Waals surface area contributed by atoms with Gasteiger partial charge in [-0.1, -0.05) is 72.8 Å². The molecule has 3 nitrogen and oxygen atoms in total. The van der Waals surface area contributed by atoms with E-state index in [0.29, 0.717) is 11.1 Å². The van der Waals surface area contributed by atoms with Crippen LogP contribution in [0.4, 0.5) is 0 Å². The van der Waals surface area contributed by atoms with E-state index >= 15 is 0 Å². The van der Waals surface area contributed by atoms with Crippen molar-refractivity contribution in [1.29, 1.82) is 0 Å². The Labute approximate surface area is 171 Å². The molecule has 1 atom stereocenters.